The van der Waals surface area contributed by atoms with Crippen LogP contribution in [0.1, 0.15) is 46.5 Å². The molecule has 1 aliphatic rings. The first kappa shape index (κ1) is 12.3. The van der Waals surface area contributed by atoms with E-state index in [9.17, 15) is 4.79 Å². The number of piperidine rings is 1. The van der Waals surface area contributed by atoms with Gasteiger partial charge < -0.3 is 9.80 Å². The van der Waals surface area contributed by atoms with Gasteiger partial charge >= 0.3 is 6.03 Å². The maximum absolute atomic E-state index is 12.2. The van der Waals surface area contributed by atoms with Crippen molar-refractivity contribution < 1.29 is 4.79 Å². The first-order valence-electron chi connectivity index (χ1n) is 6.30. The molecule has 1 saturated heterocycles. The fraction of sp³-hybridized carbons (Fsp3) is 0.917. The van der Waals surface area contributed by atoms with Crippen LogP contribution in [0, 0.1) is 0 Å². The molecule has 0 unspecified atom stereocenters. The molecule has 0 saturated carbocycles. The zero-order valence-corrected chi connectivity index (χ0v) is 10.3. The van der Waals surface area contributed by atoms with Gasteiger partial charge in [-0.25, -0.2) is 4.79 Å². The molecule has 1 atom stereocenters. The van der Waals surface area contributed by atoms with E-state index in [-0.39, 0.29) is 6.03 Å². The molecule has 0 radical (unpaired) electrons. The van der Waals surface area contributed by atoms with Crippen molar-refractivity contribution in [2.24, 2.45) is 0 Å². The van der Waals surface area contributed by atoms with Gasteiger partial charge in [0, 0.05) is 25.7 Å². The Balaban J connectivity index is 2.62. The van der Waals surface area contributed by atoms with Gasteiger partial charge in [0.15, 0.2) is 0 Å². The Labute approximate surface area is 93.4 Å². The summed E-state index contributed by atoms with van der Waals surface area (Å²) in [7, 11) is 0. The van der Waals surface area contributed by atoms with Gasteiger partial charge in [0.25, 0.3) is 0 Å². The van der Waals surface area contributed by atoms with Crippen LogP contribution in [0.2, 0.25) is 0 Å². The lowest BCUT2D eigenvalue weighted by Gasteiger charge is -2.38. The topological polar surface area (TPSA) is 23.6 Å². The van der Waals surface area contributed by atoms with Crippen LogP contribution in [0.15, 0.2) is 0 Å². The fourth-order valence-electron chi connectivity index (χ4n) is 2.35. The maximum atomic E-state index is 12.2. The minimum absolute atomic E-state index is 0.242. The van der Waals surface area contributed by atoms with Gasteiger partial charge in [-0.1, -0.05) is 6.92 Å². The van der Waals surface area contributed by atoms with Crippen LogP contribution in [0.5, 0.6) is 0 Å². The molecule has 1 heterocycles. The highest BCUT2D eigenvalue weighted by atomic mass is 16.2. The summed E-state index contributed by atoms with van der Waals surface area (Å²) in [5.74, 6) is 0. The number of carbonyl (C=O) groups excluding carboxylic acids is 1. The Kier molecular flexibility index (Phi) is 4.92. The molecule has 0 N–H and O–H groups in total. The van der Waals surface area contributed by atoms with Crippen LogP contribution in [-0.4, -0.2) is 41.5 Å². The van der Waals surface area contributed by atoms with Crippen LogP contribution in [0.3, 0.4) is 0 Å². The van der Waals surface area contributed by atoms with Crippen molar-refractivity contribution in [1.29, 1.82) is 0 Å². The van der Waals surface area contributed by atoms with E-state index in [0.29, 0.717) is 6.04 Å². The molecule has 0 aromatic carbocycles. The van der Waals surface area contributed by atoms with Crippen LogP contribution in [-0.2, 0) is 0 Å². The number of hydrogen-bond donors (Lipinski definition) is 0. The molecule has 1 fully saturated rings. The molecule has 0 bridgehead atoms. The summed E-state index contributed by atoms with van der Waals surface area (Å²) in [4.78, 5) is 16.2. The molecular weight excluding hydrogens is 188 g/mol. The summed E-state index contributed by atoms with van der Waals surface area (Å²) in [6.07, 6.45) is 4.72. The Morgan fingerprint density at radius 1 is 1.27 bits per heavy atom. The van der Waals surface area contributed by atoms with Crippen molar-refractivity contribution in [3.05, 3.63) is 0 Å². The summed E-state index contributed by atoms with van der Waals surface area (Å²) in [5.41, 5.74) is 0. The van der Waals surface area contributed by atoms with Crippen LogP contribution in [0.4, 0.5) is 4.79 Å². The van der Waals surface area contributed by atoms with E-state index >= 15 is 0 Å². The van der Waals surface area contributed by atoms with E-state index in [1.807, 2.05) is 18.7 Å². The first-order chi connectivity index (χ1) is 7.24. The molecule has 0 spiro atoms. The molecule has 0 aromatic rings. The Morgan fingerprint density at radius 3 is 2.47 bits per heavy atom. The third-order valence-electron chi connectivity index (χ3n) is 3.38. The lowest BCUT2D eigenvalue weighted by atomic mass is 10.0. The Hall–Kier alpha value is -0.730. The molecule has 1 aliphatic heterocycles. The van der Waals surface area contributed by atoms with Gasteiger partial charge in [-0.2, -0.15) is 0 Å². The number of likely N-dealkylation sites (tertiary alicyclic amines) is 1. The SMILES string of the molecule is CC[C@@H]1CCCCN1C(=O)N(CC)CC. The quantitative estimate of drug-likeness (QED) is 0.705. The summed E-state index contributed by atoms with van der Waals surface area (Å²) in [5, 5.41) is 0. The van der Waals surface area contributed by atoms with Gasteiger partial charge in [-0.05, 0) is 39.5 Å². The van der Waals surface area contributed by atoms with Gasteiger partial charge in [0.1, 0.15) is 0 Å². The third-order valence-corrected chi connectivity index (χ3v) is 3.38. The number of urea groups is 1. The highest BCUT2D eigenvalue weighted by Crippen LogP contribution is 2.20. The molecule has 1 rings (SSSR count). The molecule has 0 aromatic heterocycles. The van der Waals surface area contributed by atoms with Crippen molar-refractivity contribution in [1.82, 2.24) is 9.80 Å². The van der Waals surface area contributed by atoms with E-state index in [1.165, 1.54) is 19.3 Å². The number of amides is 2. The maximum Gasteiger partial charge on any atom is 0.320 e. The van der Waals surface area contributed by atoms with E-state index in [1.54, 1.807) is 0 Å². The average molecular weight is 212 g/mol. The van der Waals surface area contributed by atoms with E-state index in [0.717, 1.165) is 26.1 Å². The zero-order valence-electron chi connectivity index (χ0n) is 10.3. The fourth-order valence-corrected chi connectivity index (χ4v) is 2.35. The summed E-state index contributed by atoms with van der Waals surface area (Å²) >= 11 is 0. The highest BCUT2D eigenvalue weighted by molar-refractivity contribution is 5.74. The highest BCUT2D eigenvalue weighted by Gasteiger charge is 2.27. The van der Waals surface area contributed by atoms with Crippen molar-refractivity contribution in [2.75, 3.05) is 19.6 Å². The second-order valence-corrected chi connectivity index (χ2v) is 4.21. The molecule has 15 heavy (non-hydrogen) atoms. The predicted octanol–water partition coefficient (Wildman–Crippen LogP) is 2.71. The van der Waals surface area contributed by atoms with Gasteiger partial charge in [0.05, 0.1) is 0 Å². The van der Waals surface area contributed by atoms with Gasteiger partial charge in [-0.3, -0.25) is 0 Å². The predicted molar refractivity (Wildman–Crippen MR) is 63.0 cm³/mol. The standard InChI is InChI=1S/C12H24N2O/c1-4-11-9-7-8-10-14(11)12(15)13(5-2)6-3/h11H,4-10H2,1-3H3/t11-/m1/s1. The summed E-state index contributed by atoms with van der Waals surface area (Å²) in [6.45, 7) is 8.87. The summed E-state index contributed by atoms with van der Waals surface area (Å²) in [6, 6.07) is 0.721. The summed E-state index contributed by atoms with van der Waals surface area (Å²) < 4.78 is 0. The Bertz CT molecular complexity index is 202. The van der Waals surface area contributed by atoms with E-state index < -0.39 is 0 Å². The smallest absolute Gasteiger partial charge is 0.320 e. The van der Waals surface area contributed by atoms with E-state index in [4.69, 9.17) is 0 Å². The van der Waals surface area contributed by atoms with Crippen LogP contribution in [0.25, 0.3) is 0 Å². The minimum Gasteiger partial charge on any atom is -0.325 e. The molecule has 3 nitrogen and oxygen atoms in total. The average Bonchev–Trinajstić information content (AvgIpc) is 2.30. The second kappa shape index (κ2) is 5.99. The van der Waals surface area contributed by atoms with Crippen molar-refractivity contribution in [2.45, 2.75) is 52.5 Å². The number of nitrogens with zero attached hydrogens (tertiary/aromatic N) is 2. The number of hydrogen-bond acceptors (Lipinski definition) is 1. The van der Waals surface area contributed by atoms with Crippen LogP contribution >= 0.6 is 0 Å². The minimum atomic E-state index is 0.242. The Morgan fingerprint density at radius 2 is 1.93 bits per heavy atom. The molecular formula is C12H24N2O. The monoisotopic (exact) mass is 212 g/mol. The lowest BCUT2D eigenvalue weighted by Crippen LogP contribution is -2.50. The molecule has 3 heteroatoms. The van der Waals surface area contributed by atoms with Crippen molar-refractivity contribution in [3.63, 3.8) is 0 Å². The molecule has 2 amide bonds. The zero-order chi connectivity index (χ0) is 11.3. The van der Waals surface area contributed by atoms with Gasteiger partial charge in [-0.15, -0.1) is 0 Å². The number of rotatable bonds is 3. The van der Waals surface area contributed by atoms with Crippen molar-refractivity contribution in [3.8, 4) is 0 Å². The normalized spacial score (nSPS) is 21.5. The number of carbonyl (C=O) groups is 1. The first-order valence-corrected chi connectivity index (χ1v) is 6.30. The largest absolute Gasteiger partial charge is 0.325 e. The third kappa shape index (κ3) is 2.86. The van der Waals surface area contributed by atoms with Gasteiger partial charge in [0.2, 0.25) is 0 Å². The second-order valence-electron chi connectivity index (χ2n) is 4.21. The van der Waals surface area contributed by atoms with Crippen LogP contribution < -0.4 is 0 Å². The molecule has 0 aliphatic carbocycles. The van der Waals surface area contributed by atoms with E-state index in [2.05, 4.69) is 11.8 Å². The molecule has 88 valence electrons. The lowest BCUT2D eigenvalue weighted by molar-refractivity contribution is 0.117. The van der Waals surface area contributed by atoms with Crippen molar-refractivity contribution >= 4 is 6.03 Å².